The number of rotatable bonds is 6. The highest BCUT2D eigenvalue weighted by atomic mass is 79.9. The molecular formula is C15H18BrN3O. The van der Waals surface area contributed by atoms with E-state index in [1.165, 1.54) is 0 Å². The maximum Gasteiger partial charge on any atom is 0.135 e. The zero-order valence-electron chi connectivity index (χ0n) is 11.7. The van der Waals surface area contributed by atoms with Crippen LogP contribution in [0.4, 0.5) is 11.5 Å². The molecule has 0 aliphatic carbocycles. The standard InChI is InChI=1S/C15H18BrN3O/c1-3-5-14-18-13(16)10-15(19-14)17-11-6-8-12(9-7-11)20-4-2/h6-10H,3-5H2,1-2H3,(H,17,18,19). The molecule has 1 heterocycles. The molecule has 0 saturated heterocycles. The average molecular weight is 336 g/mol. The summed E-state index contributed by atoms with van der Waals surface area (Å²) < 4.78 is 6.22. The smallest absolute Gasteiger partial charge is 0.135 e. The number of hydrogen-bond donors (Lipinski definition) is 1. The van der Waals surface area contributed by atoms with Crippen molar-refractivity contribution in [2.24, 2.45) is 0 Å². The molecule has 0 fully saturated rings. The second-order valence-corrected chi connectivity index (χ2v) is 5.14. The van der Waals surface area contributed by atoms with Crippen molar-refractivity contribution < 1.29 is 4.74 Å². The monoisotopic (exact) mass is 335 g/mol. The lowest BCUT2D eigenvalue weighted by Gasteiger charge is -2.09. The van der Waals surface area contributed by atoms with Gasteiger partial charge in [-0.05, 0) is 53.5 Å². The van der Waals surface area contributed by atoms with Gasteiger partial charge in [0.15, 0.2) is 0 Å². The lowest BCUT2D eigenvalue weighted by Crippen LogP contribution is -2.00. The summed E-state index contributed by atoms with van der Waals surface area (Å²) in [5.41, 5.74) is 0.974. The summed E-state index contributed by atoms with van der Waals surface area (Å²) in [4.78, 5) is 8.84. The largest absolute Gasteiger partial charge is 0.494 e. The molecule has 2 rings (SSSR count). The SMILES string of the molecule is CCCc1nc(Br)cc(Nc2ccc(OCC)cc2)n1. The van der Waals surface area contributed by atoms with Crippen LogP contribution >= 0.6 is 15.9 Å². The predicted molar refractivity (Wildman–Crippen MR) is 84.6 cm³/mol. The van der Waals surface area contributed by atoms with Gasteiger partial charge >= 0.3 is 0 Å². The van der Waals surface area contributed by atoms with E-state index >= 15 is 0 Å². The molecule has 0 amide bonds. The number of halogens is 1. The summed E-state index contributed by atoms with van der Waals surface area (Å²) in [5.74, 6) is 2.50. The molecule has 1 aromatic carbocycles. The third-order valence-electron chi connectivity index (χ3n) is 2.65. The van der Waals surface area contributed by atoms with Gasteiger partial charge in [-0.3, -0.25) is 0 Å². The molecule has 0 spiro atoms. The van der Waals surface area contributed by atoms with Gasteiger partial charge in [-0.1, -0.05) is 6.92 Å². The van der Waals surface area contributed by atoms with Crippen molar-refractivity contribution in [3.8, 4) is 5.75 Å². The number of hydrogen-bond acceptors (Lipinski definition) is 4. The highest BCUT2D eigenvalue weighted by Crippen LogP contribution is 2.21. The fourth-order valence-electron chi connectivity index (χ4n) is 1.81. The fraction of sp³-hybridized carbons (Fsp3) is 0.333. The Morgan fingerprint density at radius 3 is 2.55 bits per heavy atom. The van der Waals surface area contributed by atoms with E-state index in [2.05, 4.69) is 38.1 Å². The average Bonchev–Trinajstić information content (AvgIpc) is 2.41. The molecule has 0 unspecified atom stereocenters. The van der Waals surface area contributed by atoms with Gasteiger partial charge in [-0.2, -0.15) is 0 Å². The number of ether oxygens (including phenoxy) is 1. The Hall–Kier alpha value is -1.62. The number of benzene rings is 1. The van der Waals surface area contributed by atoms with Gasteiger partial charge in [0.05, 0.1) is 6.61 Å². The van der Waals surface area contributed by atoms with Gasteiger partial charge in [-0.25, -0.2) is 9.97 Å². The van der Waals surface area contributed by atoms with Crippen LogP contribution in [0, 0.1) is 0 Å². The van der Waals surface area contributed by atoms with E-state index in [1.807, 2.05) is 37.3 Å². The number of nitrogens with one attached hydrogen (secondary N) is 1. The van der Waals surface area contributed by atoms with Crippen molar-refractivity contribution in [3.05, 3.63) is 40.8 Å². The Kier molecular flexibility index (Phi) is 5.35. The summed E-state index contributed by atoms with van der Waals surface area (Å²) in [6, 6.07) is 9.70. The van der Waals surface area contributed by atoms with Crippen molar-refractivity contribution in [1.82, 2.24) is 9.97 Å². The van der Waals surface area contributed by atoms with Crippen LogP contribution < -0.4 is 10.1 Å². The summed E-state index contributed by atoms with van der Waals surface area (Å²) in [5, 5.41) is 3.28. The molecule has 106 valence electrons. The normalized spacial score (nSPS) is 10.3. The number of aromatic nitrogens is 2. The van der Waals surface area contributed by atoms with Gasteiger partial charge in [0.2, 0.25) is 0 Å². The minimum absolute atomic E-state index is 0.673. The molecule has 0 radical (unpaired) electrons. The van der Waals surface area contributed by atoms with Crippen molar-refractivity contribution in [2.45, 2.75) is 26.7 Å². The quantitative estimate of drug-likeness (QED) is 0.798. The van der Waals surface area contributed by atoms with E-state index in [1.54, 1.807) is 0 Å². The van der Waals surface area contributed by atoms with E-state index in [0.717, 1.165) is 40.5 Å². The molecular weight excluding hydrogens is 318 g/mol. The molecule has 0 saturated carbocycles. The maximum absolute atomic E-state index is 5.42. The van der Waals surface area contributed by atoms with Crippen LogP contribution in [-0.4, -0.2) is 16.6 Å². The molecule has 2 aromatic rings. The number of nitrogens with zero attached hydrogens (tertiary/aromatic N) is 2. The topological polar surface area (TPSA) is 47.0 Å². The first-order valence-corrected chi connectivity index (χ1v) is 7.54. The van der Waals surface area contributed by atoms with Crippen LogP contribution in [0.1, 0.15) is 26.1 Å². The summed E-state index contributed by atoms with van der Waals surface area (Å²) >= 11 is 3.42. The third-order valence-corrected chi connectivity index (χ3v) is 3.06. The van der Waals surface area contributed by atoms with E-state index in [-0.39, 0.29) is 0 Å². The van der Waals surface area contributed by atoms with Crippen LogP contribution in [0.2, 0.25) is 0 Å². The van der Waals surface area contributed by atoms with E-state index in [4.69, 9.17) is 4.74 Å². The minimum Gasteiger partial charge on any atom is -0.494 e. The Balaban J connectivity index is 2.12. The first-order valence-electron chi connectivity index (χ1n) is 6.74. The molecule has 0 aliphatic rings. The van der Waals surface area contributed by atoms with Crippen LogP contribution in [0.25, 0.3) is 0 Å². The Morgan fingerprint density at radius 1 is 1.15 bits per heavy atom. The maximum atomic E-state index is 5.42. The first kappa shape index (κ1) is 14.8. The van der Waals surface area contributed by atoms with Crippen molar-refractivity contribution in [3.63, 3.8) is 0 Å². The fourth-order valence-corrected chi connectivity index (χ4v) is 2.23. The van der Waals surface area contributed by atoms with Gasteiger partial charge in [0, 0.05) is 18.2 Å². The Morgan fingerprint density at radius 2 is 1.90 bits per heavy atom. The molecule has 1 N–H and O–H groups in total. The van der Waals surface area contributed by atoms with Crippen LogP contribution in [0.3, 0.4) is 0 Å². The second-order valence-electron chi connectivity index (χ2n) is 4.32. The Labute approximate surface area is 127 Å². The zero-order valence-corrected chi connectivity index (χ0v) is 13.3. The van der Waals surface area contributed by atoms with E-state index in [0.29, 0.717) is 6.61 Å². The van der Waals surface area contributed by atoms with Crippen LogP contribution in [0.15, 0.2) is 34.9 Å². The van der Waals surface area contributed by atoms with Crippen molar-refractivity contribution >= 4 is 27.4 Å². The highest BCUT2D eigenvalue weighted by Gasteiger charge is 2.03. The predicted octanol–water partition coefficient (Wildman–Crippen LogP) is 4.33. The highest BCUT2D eigenvalue weighted by molar-refractivity contribution is 9.10. The van der Waals surface area contributed by atoms with Gasteiger partial charge < -0.3 is 10.1 Å². The molecule has 4 nitrogen and oxygen atoms in total. The zero-order chi connectivity index (χ0) is 14.4. The van der Waals surface area contributed by atoms with Gasteiger partial charge in [-0.15, -0.1) is 0 Å². The van der Waals surface area contributed by atoms with E-state index < -0.39 is 0 Å². The summed E-state index contributed by atoms with van der Waals surface area (Å²) in [6.07, 6.45) is 1.90. The lowest BCUT2D eigenvalue weighted by molar-refractivity contribution is 0.340. The van der Waals surface area contributed by atoms with Crippen molar-refractivity contribution in [2.75, 3.05) is 11.9 Å². The molecule has 1 aromatic heterocycles. The van der Waals surface area contributed by atoms with Crippen LogP contribution in [0.5, 0.6) is 5.75 Å². The molecule has 0 bridgehead atoms. The lowest BCUT2D eigenvalue weighted by atomic mass is 10.3. The summed E-state index contributed by atoms with van der Waals surface area (Å²) in [6.45, 7) is 4.76. The van der Waals surface area contributed by atoms with Crippen LogP contribution in [-0.2, 0) is 6.42 Å². The number of anilines is 2. The third kappa shape index (κ3) is 4.20. The minimum atomic E-state index is 0.673. The first-order chi connectivity index (χ1) is 9.71. The van der Waals surface area contributed by atoms with Crippen molar-refractivity contribution in [1.29, 1.82) is 0 Å². The molecule has 0 atom stereocenters. The molecule has 20 heavy (non-hydrogen) atoms. The molecule has 5 heteroatoms. The summed E-state index contributed by atoms with van der Waals surface area (Å²) in [7, 11) is 0. The number of aryl methyl sites for hydroxylation is 1. The molecule has 0 aliphatic heterocycles. The van der Waals surface area contributed by atoms with E-state index in [9.17, 15) is 0 Å². The van der Waals surface area contributed by atoms with Gasteiger partial charge in [0.1, 0.15) is 22.0 Å². The van der Waals surface area contributed by atoms with Gasteiger partial charge in [0.25, 0.3) is 0 Å². The second kappa shape index (κ2) is 7.24. The Bertz CT molecular complexity index is 558.